The summed E-state index contributed by atoms with van der Waals surface area (Å²) in [4.78, 5) is 38.6. The third kappa shape index (κ3) is 11.6. The van der Waals surface area contributed by atoms with E-state index < -0.39 is 31.7 Å². The van der Waals surface area contributed by atoms with Gasteiger partial charge in [0.2, 0.25) is 0 Å². The van der Waals surface area contributed by atoms with Gasteiger partial charge in [-0.2, -0.15) is 0 Å². The van der Waals surface area contributed by atoms with Crippen LogP contribution in [0.4, 0.5) is 0 Å². The molecule has 0 amide bonds. The molecule has 6 N–H and O–H groups in total. The molecular weight excluding hydrogens is 277 g/mol. The van der Waals surface area contributed by atoms with E-state index in [4.69, 9.17) is 25.7 Å². The number of carbonyl (C=O) groups is 2. The van der Waals surface area contributed by atoms with E-state index in [9.17, 15) is 14.2 Å². The fourth-order valence-corrected chi connectivity index (χ4v) is 2.30. The Morgan fingerprint density at radius 3 is 2.16 bits per heavy atom. The molecular formula is C10H18NO7P. The zero-order valence-electron chi connectivity index (χ0n) is 10.2. The molecule has 1 unspecified atom stereocenters. The molecule has 0 fully saturated rings. The van der Waals surface area contributed by atoms with Crippen LogP contribution in [-0.4, -0.2) is 44.1 Å². The number of hydrogen-bond donors (Lipinski definition) is 5. The van der Waals surface area contributed by atoms with Crippen molar-refractivity contribution < 1.29 is 34.2 Å². The van der Waals surface area contributed by atoms with Gasteiger partial charge < -0.3 is 25.7 Å². The maximum atomic E-state index is 10.9. The lowest BCUT2D eigenvalue weighted by Gasteiger charge is -2.11. The highest BCUT2D eigenvalue weighted by molar-refractivity contribution is 7.52. The monoisotopic (exact) mass is 295 g/mol. The Morgan fingerprint density at radius 1 is 1.16 bits per heavy atom. The zero-order chi connectivity index (χ0) is 15.1. The average molecular weight is 295 g/mol. The van der Waals surface area contributed by atoms with Crippen molar-refractivity contribution in [3.8, 4) is 0 Å². The van der Waals surface area contributed by atoms with Crippen LogP contribution in [0, 0.1) is 0 Å². The van der Waals surface area contributed by atoms with Crippen molar-refractivity contribution in [3.05, 3.63) is 11.6 Å². The van der Waals surface area contributed by atoms with E-state index in [2.05, 4.69) is 0 Å². The topological polar surface area (TPSA) is 158 Å². The fourth-order valence-electron chi connectivity index (χ4n) is 1.51. The number of rotatable bonds is 9. The predicted octanol–water partition coefficient (Wildman–Crippen LogP) is 0.147. The highest BCUT2D eigenvalue weighted by atomic mass is 31.2. The van der Waals surface area contributed by atoms with E-state index in [0.717, 1.165) is 0 Å². The summed E-state index contributed by atoms with van der Waals surface area (Å²) >= 11 is 0. The van der Waals surface area contributed by atoms with Gasteiger partial charge >= 0.3 is 19.5 Å². The number of nitrogens with two attached hydrogens (primary N) is 1. The highest BCUT2D eigenvalue weighted by Gasteiger charge is 2.17. The van der Waals surface area contributed by atoms with E-state index in [1.807, 2.05) is 0 Å². The summed E-state index contributed by atoms with van der Waals surface area (Å²) in [6.07, 6.45) is 0.622. The van der Waals surface area contributed by atoms with Gasteiger partial charge in [-0.3, -0.25) is 14.2 Å². The molecule has 9 heteroatoms. The second kappa shape index (κ2) is 8.06. The van der Waals surface area contributed by atoms with E-state index in [1.54, 1.807) is 0 Å². The predicted molar refractivity (Wildman–Crippen MR) is 66.7 cm³/mol. The van der Waals surface area contributed by atoms with Crippen molar-refractivity contribution >= 4 is 19.5 Å². The molecule has 0 saturated carbocycles. The van der Waals surface area contributed by atoms with Crippen LogP contribution in [0.1, 0.15) is 25.7 Å². The standard InChI is InChI=1S/C10H18NO7P/c11-8(5-10(14)15)4-7(6-19(16,17)18)2-1-3-9(12)13/h4,8H,1-3,5-6,11H2,(H,12,13)(H,14,15)(H2,16,17,18)/b7-4+. The quantitative estimate of drug-likeness (QED) is 0.297. The second-order valence-electron chi connectivity index (χ2n) is 4.16. The molecule has 0 rings (SSSR count). The third-order valence-corrected chi connectivity index (χ3v) is 2.98. The van der Waals surface area contributed by atoms with Crippen molar-refractivity contribution in [2.45, 2.75) is 31.7 Å². The lowest BCUT2D eigenvalue weighted by molar-refractivity contribution is -0.138. The normalized spacial score (nSPS) is 14.2. The molecule has 1 atom stereocenters. The second-order valence-corrected chi connectivity index (χ2v) is 5.80. The van der Waals surface area contributed by atoms with Crippen molar-refractivity contribution in [1.29, 1.82) is 0 Å². The van der Waals surface area contributed by atoms with Crippen LogP contribution in [-0.2, 0) is 14.2 Å². The zero-order valence-corrected chi connectivity index (χ0v) is 11.1. The number of aliphatic carboxylic acids is 2. The number of carboxylic acid groups (broad SMARTS) is 2. The Morgan fingerprint density at radius 2 is 1.74 bits per heavy atom. The first-order valence-electron chi connectivity index (χ1n) is 5.53. The van der Waals surface area contributed by atoms with Gasteiger partial charge in [-0.25, -0.2) is 0 Å². The Hall–Kier alpha value is -1.21. The van der Waals surface area contributed by atoms with Gasteiger partial charge in [0.25, 0.3) is 0 Å². The number of allylic oxidation sites excluding steroid dienone is 1. The van der Waals surface area contributed by atoms with Gasteiger partial charge in [0.1, 0.15) is 0 Å². The first-order valence-corrected chi connectivity index (χ1v) is 7.33. The van der Waals surface area contributed by atoms with Crippen LogP contribution in [0.15, 0.2) is 11.6 Å². The van der Waals surface area contributed by atoms with Crippen LogP contribution in [0.2, 0.25) is 0 Å². The van der Waals surface area contributed by atoms with Crippen LogP contribution in [0.3, 0.4) is 0 Å². The first kappa shape index (κ1) is 17.8. The van der Waals surface area contributed by atoms with Gasteiger partial charge in [-0.05, 0) is 12.8 Å². The minimum absolute atomic E-state index is 0.132. The Labute approximate surface area is 110 Å². The van der Waals surface area contributed by atoms with Crippen LogP contribution < -0.4 is 5.73 Å². The molecule has 0 spiro atoms. The largest absolute Gasteiger partial charge is 0.481 e. The Kier molecular flexibility index (Phi) is 7.55. The molecule has 0 aromatic heterocycles. The van der Waals surface area contributed by atoms with Gasteiger partial charge in [0.15, 0.2) is 0 Å². The molecule has 0 aliphatic heterocycles. The third-order valence-electron chi connectivity index (χ3n) is 2.16. The summed E-state index contributed by atoms with van der Waals surface area (Å²) in [6.45, 7) is 0. The minimum Gasteiger partial charge on any atom is -0.481 e. The summed E-state index contributed by atoms with van der Waals surface area (Å²) < 4.78 is 10.9. The van der Waals surface area contributed by atoms with Gasteiger partial charge in [-0.1, -0.05) is 11.6 Å². The van der Waals surface area contributed by atoms with Crippen molar-refractivity contribution in [3.63, 3.8) is 0 Å². The van der Waals surface area contributed by atoms with E-state index >= 15 is 0 Å². The molecule has 0 aliphatic rings. The molecule has 19 heavy (non-hydrogen) atoms. The van der Waals surface area contributed by atoms with Crippen LogP contribution in [0.5, 0.6) is 0 Å². The molecule has 0 radical (unpaired) electrons. The van der Waals surface area contributed by atoms with E-state index in [0.29, 0.717) is 0 Å². The van der Waals surface area contributed by atoms with Crippen molar-refractivity contribution in [2.75, 3.05) is 6.16 Å². The maximum Gasteiger partial charge on any atom is 0.329 e. The molecule has 110 valence electrons. The Bertz CT molecular complexity index is 401. The SMILES string of the molecule is NC(/C=C(\CCCC(=O)O)CP(=O)(O)O)CC(=O)O. The molecule has 0 aromatic carbocycles. The first-order chi connectivity index (χ1) is 8.60. The summed E-state index contributed by atoms with van der Waals surface area (Å²) in [5.74, 6) is -2.13. The van der Waals surface area contributed by atoms with Crippen molar-refractivity contribution in [1.82, 2.24) is 0 Å². The van der Waals surface area contributed by atoms with Crippen LogP contribution >= 0.6 is 7.60 Å². The average Bonchev–Trinajstić information content (AvgIpc) is 2.11. The fraction of sp³-hybridized carbons (Fsp3) is 0.600. The molecule has 8 nitrogen and oxygen atoms in total. The molecule has 0 bridgehead atoms. The van der Waals surface area contributed by atoms with Gasteiger partial charge in [0, 0.05) is 12.5 Å². The van der Waals surface area contributed by atoms with Gasteiger partial charge in [0.05, 0.1) is 12.6 Å². The summed E-state index contributed by atoms with van der Waals surface area (Å²) in [7, 11) is -4.29. The summed E-state index contributed by atoms with van der Waals surface area (Å²) in [5.41, 5.74) is 5.78. The lowest BCUT2D eigenvalue weighted by atomic mass is 10.1. The molecule has 0 aliphatic carbocycles. The molecule has 0 aromatic rings. The number of carboxylic acids is 2. The minimum atomic E-state index is -4.29. The smallest absolute Gasteiger partial charge is 0.329 e. The lowest BCUT2D eigenvalue weighted by Crippen LogP contribution is -2.22. The van der Waals surface area contributed by atoms with E-state index in [1.165, 1.54) is 6.08 Å². The van der Waals surface area contributed by atoms with Crippen LogP contribution in [0.25, 0.3) is 0 Å². The highest BCUT2D eigenvalue weighted by Crippen LogP contribution is 2.38. The molecule has 0 heterocycles. The molecule has 0 saturated heterocycles. The maximum absolute atomic E-state index is 10.9. The van der Waals surface area contributed by atoms with Crippen molar-refractivity contribution in [2.24, 2.45) is 5.73 Å². The summed E-state index contributed by atoms with van der Waals surface area (Å²) in [6, 6.07) is -0.858. The van der Waals surface area contributed by atoms with Gasteiger partial charge in [-0.15, -0.1) is 0 Å². The summed E-state index contributed by atoms with van der Waals surface area (Å²) in [5, 5.41) is 17.0. The number of hydrogen-bond acceptors (Lipinski definition) is 4. The Balaban J connectivity index is 4.64. The van der Waals surface area contributed by atoms with E-state index in [-0.39, 0.29) is 31.3 Å².